The predicted octanol–water partition coefficient (Wildman–Crippen LogP) is 11.9. The molecule has 0 amide bonds. The number of hydrogen-bond donors (Lipinski definition) is 2. The lowest BCUT2D eigenvalue weighted by atomic mass is 9.99. The van der Waals surface area contributed by atoms with Gasteiger partial charge in [-0.1, -0.05) is 115 Å². The Kier molecular flexibility index (Phi) is 7.06. The SMILES string of the molecule is NC(NC(/N=C/c1cccc2c1sc1ccccc12)c1ccccc1)c1ccc2oc3ccc(-c4cccc5c4oc4ccccc45)cc3c2c1. The van der Waals surface area contributed by atoms with Crippen molar-refractivity contribution in [1.82, 2.24) is 5.32 Å². The Morgan fingerprint density at radius 3 is 2.18 bits per heavy atom. The first-order chi connectivity index (χ1) is 25.2. The van der Waals surface area contributed by atoms with Gasteiger partial charge < -0.3 is 14.6 Å². The highest BCUT2D eigenvalue weighted by molar-refractivity contribution is 7.26. The Morgan fingerprint density at radius 2 is 1.27 bits per heavy atom. The first-order valence-corrected chi connectivity index (χ1v) is 17.9. The Labute approximate surface area is 297 Å². The van der Waals surface area contributed by atoms with E-state index in [9.17, 15) is 0 Å². The third-order valence-corrected chi connectivity index (χ3v) is 11.1. The van der Waals surface area contributed by atoms with E-state index in [-0.39, 0.29) is 6.17 Å². The summed E-state index contributed by atoms with van der Waals surface area (Å²) in [5.41, 5.74) is 15.5. The number of aliphatic imine (C=N–C) groups is 1. The van der Waals surface area contributed by atoms with Gasteiger partial charge in [-0.05, 0) is 53.1 Å². The van der Waals surface area contributed by atoms with Gasteiger partial charge in [0.15, 0.2) is 0 Å². The average molecular weight is 678 g/mol. The lowest BCUT2D eigenvalue weighted by Gasteiger charge is -2.21. The summed E-state index contributed by atoms with van der Waals surface area (Å²) in [6.45, 7) is 0. The topological polar surface area (TPSA) is 76.7 Å². The minimum Gasteiger partial charge on any atom is -0.456 e. The number of fused-ring (bicyclic) bond motifs is 9. The Bertz CT molecular complexity index is 2940. The standard InChI is InChI=1S/C45H31N3O2S/c46-44(48-45(27-10-2-1-3-11-27)47-26-30-12-8-17-35-33-14-5-7-19-41(33)51-43(30)35)29-21-23-40-37(25-29)36-24-28(20-22-39(36)49-40)31-15-9-16-34-32-13-4-6-18-38(32)50-42(31)34/h1-26,44-45,48H,46H2/b47-26+. The van der Waals surface area contributed by atoms with Crippen molar-refractivity contribution in [2.24, 2.45) is 10.7 Å². The van der Waals surface area contributed by atoms with Crippen molar-refractivity contribution in [2.75, 3.05) is 0 Å². The number of rotatable bonds is 7. The number of para-hydroxylation sites is 2. The predicted molar refractivity (Wildman–Crippen MR) is 213 cm³/mol. The molecule has 0 saturated carbocycles. The highest BCUT2D eigenvalue weighted by Crippen LogP contribution is 2.39. The Balaban J connectivity index is 1.01. The molecule has 3 heterocycles. The molecule has 0 radical (unpaired) electrons. The molecule has 6 heteroatoms. The van der Waals surface area contributed by atoms with E-state index in [2.05, 4.69) is 102 Å². The van der Waals surface area contributed by atoms with Gasteiger partial charge in [0.2, 0.25) is 0 Å². The molecule has 3 aromatic heterocycles. The lowest BCUT2D eigenvalue weighted by Crippen LogP contribution is -2.31. The van der Waals surface area contributed by atoms with Gasteiger partial charge in [-0.15, -0.1) is 11.3 Å². The fraction of sp³-hybridized carbons (Fsp3) is 0.0444. The summed E-state index contributed by atoms with van der Waals surface area (Å²) in [5.74, 6) is 0. The van der Waals surface area contributed by atoms with Crippen LogP contribution in [0.3, 0.4) is 0 Å². The summed E-state index contributed by atoms with van der Waals surface area (Å²) in [7, 11) is 0. The molecule has 2 unspecified atom stereocenters. The number of benzene rings is 7. The van der Waals surface area contributed by atoms with Gasteiger partial charge in [0.05, 0.1) is 6.17 Å². The van der Waals surface area contributed by atoms with E-state index in [4.69, 9.17) is 19.6 Å². The van der Waals surface area contributed by atoms with Gasteiger partial charge in [-0.3, -0.25) is 10.3 Å². The molecule has 3 N–H and O–H groups in total. The van der Waals surface area contributed by atoms with Crippen LogP contribution in [0.4, 0.5) is 0 Å². The zero-order valence-electron chi connectivity index (χ0n) is 27.4. The second kappa shape index (κ2) is 12.1. The monoisotopic (exact) mass is 677 g/mol. The summed E-state index contributed by atoms with van der Waals surface area (Å²) in [5, 5.41) is 10.4. The van der Waals surface area contributed by atoms with Gasteiger partial charge in [-0.25, -0.2) is 0 Å². The van der Waals surface area contributed by atoms with Crippen molar-refractivity contribution in [1.29, 1.82) is 0 Å². The first kappa shape index (κ1) is 29.8. The van der Waals surface area contributed by atoms with Crippen molar-refractivity contribution < 1.29 is 8.83 Å². The van der Waals surface area contributed by atoms with E-state index in [1.807, 2.05) is 60.8 Å². The molecule has 0 spiro atoms. The highest BCUT2D eigenvalue weighted by Gasteiger charge is 2.18. The second-order valence-corrected chi connectivity index (χ2v) is 14.0. The molecule has 5 nitrogen and oxygen atoms in total. The molecule has 0 aliphatic carbocycles. The van der Waals surface area contributed by atoms with Crippen molar-refractivity contribution in [3.63, 3.8) is 0 Å². The molecule has 2 atom stereocenters. The molecule has 0 aliphatic heterocycles. The van der Waals surface area contributed by atoms with Crippen molar-refractivity contribution in [3.8, 4) is 11.1 Å². The summed E-state index contributed by atoms with van der Waals surface area (Å²) in [6, 6.07) is 52.2. The van der Waals surface area contributed by atoms with Crippen molar-refractivity contribution >= 4 is 81.6 Å². The second-order valence-electron chi connectivity index (χ2n) is 12.9. The largest absolute Gasteiger partial charge is 0.456 e. The number of nitrogens with one attached hydrogen (secondary N) is 1. The maximum atomic E-state index is 6.94. The summed E-state index contributed by atoms with van der Waals surface area (Å²) >= 11 is 1.80. The lowest BCUT2D eigenvalue weighted by molar-refractivity contribution is 0.467. The maximum Gasteiger partial charge on any atom is 0.143 e. The summed E-state index contributed by atoms with van der Waals surface area (Å²) in [6.07, 6.45) is 1.12. The molecule has 7 aromatic carbocycles. The van der Waals surface area contributed by atoms with Crippen molar-refractivity contribution in [3.05, 3.63) is 168 Å². The normalized spacial score (nSPS) is 13.4. The van der Waals surface area contributed by atoms with Gasteiger partial charge in [0.1, 0.15) is 28.5 Å². The fourth-order valence-electron chi connectivity index (χ4n) is 7.28. The quantitative estimate of drug-likeness (QED) is 0.130. The summed E-state index contributed by atoms with van der Waals surface area (Å²) in [4.78, 5) is 5.10. The molecule has 0 bridgehead atoms. The van der Waals surface area contributed by atoms with Crippen LogP contribution in [0.25, 0.3) is 75.2 Å². The Hall–Kier alpha value is -6.05. The van der Waals surface area contributed by atoms with Crippen molar-refractivity contribution in [2.45, 2.75) is 12.3 Å². The van der Waals surface area contributed by atoms with E-state index in [0.29, 0.717) is 0 Å². The van der Waals surface area contributed by atoms with Crippen LogP contribution in [-0.4, -0.2) is 6.21 Å². The molecule has 10 rings (SSSR count). The van der Waals surface area contributed by atoms with Crippen LogP contribution in [0.5, 0.6) is 0 Å². The molecular weight excluding hydrogens is 647 g/mol. The van der Waals surface area contributed by atoms with Gasteiger partial charge in [0, 0.05) is 59.1 Å². The molecule has 51 heavy (non-hydrogen) atoms. The maximum absolute atomic E-state index is 6.94. The third-order valence-electron chi connectivity index (χ3n) is 9.82. The van der Waals surface area contributed by atoms with E-state index < -0.39 is 6.17 Å². The Morgan fingerprint density at radius 1 is 0.569 bits per heavy atom. The summed E-state index contributed by atoms with van der Waals surface area (Å²) < 4.78 is 15.2. The zero-order chi connectivity index (χ0) is 33.9. The van der Waals surface area contributed by atoms with Crippen LogP contribution in [-0.2, 0) is 0 Å². The molecular formula is C45H31N3O2S. The number of nitrogens with two attached hydrogens (primary N) is 1. The third kappa shape index (κ3) is 5.12. The number of furan rings is 2. The highest BCUT2D eigenvalue weighted by atomic mass is 32.1. The molecule has 0 fully saturated rings. The minimum atomic E-state index is -0.491. The molecule has 244 valence electrons. The van der Waals surface area contributed by atoms with Gasteiger partial charge in [0.25, 0.3) is 0 Å². The van der Waals surface area contributed by atoms with E-state index in [1.165, 1.54) is 20.2 Å². The fourth-order valence-corrected chi connectivity index (χ4v) is 8.46. The van der Waals surface area contributed by atoms with E-state index in [1.54, 1.807) is 11.3 Å². The van der Waals surface area contributed by atoms with E-state index in [0.717, 1.165) is 71.7 Å². The van der Waals surface area contributed by atoms with Crippen LogP contribution >= 0.6 is 11.3 Å². The van der Waals surface area contributed by atoms with Crippen LogP contribution in [0.15, 0.2) is 165 Å². The van der Waals surface area contributed by atoms with E-state index >= 15 is 0 Å². The minimum absolute atomic E-state index is 0.362. The van der Waals surface area contributed by atoms with Gasteiger partial charge in [-0.2, -0.15) is 0 Å². The zero-order valence-corrected chi connectivity index (χ0v) is 28.2. The van der Waals surface area contributed by atoms with Crippen LogP contribution < -0.4 is 11.1 Å². The number of nitrogens with zero attached hydrogens (tertiary/aromatic N) is 1. The van der Waals surface area contributed by atoms with Crippen LogP contribution in [0.2, 0.25) is 0 Å². The smallest absolute Gasteiger partial charge is 0.143 e. The number of thiophene rings is 1. The molecule has 0 saturated heterocycles. The first-order valence-electron chi connectivity index (χ1n) is 17.0. The van der Waals surface area contributed by atoms with Crippen LogP contribution in [0.1, 0.15) is 29.0 Å². The van der Waals surface area contributed by atoms with Crippen LogP contribution in [0, 0.1) is 0 Å². The molecule has 10 aromatic rings. The molecule has 0 aliphatic rings. The van der Waals surface area contributed by atoms with Gasteiger partial charge >= 0.3 is 0 Å². The average Bonchev–Trinajstić information content (AvgIpc) is 3.87. The number of hydrogen-bond acceptors (Lipinski definition) is 6.